The van der Waals surface area contributed by atoms with Crippen LogP contribution in [-0.4, -0.2) is 20.1 Å². The minimum absolute atomic E-state index is 0.0628. The molecule has 0 N–H and O–H groups in total. The molecule has 1 aliphatic heterocycles. The zero-order chi connectivity index (χ0) is 20.6. The number of ether oxygens (including phenoxy) is 2. The number of hydrogen-bond acceptors (Lipinski definition) is 3. The van der Waals surface area contributed by atoms with E-state index in [9.17, 15) is 13.6 Å². The first-order valence-corrected chi connectivity index (χ1v) is 9.05. The van der Waals surface area contributed by atoms with Crippen LogP contribution in [0.5, 0.6) is 11.5 Å². The summed E-state index contributed by atoms with van der Waals surface area (Å²) in [7, 11) is 3.12. The zero-order valence-electron chi connectivity index (χ0n) is 16.0. The minimum Gasteiger partial charge on any atom is -0.497 e. The number of amides is 1. The summed E-state index contributed by atoms with van der Waals surface area (Å²) in [4.78, 5) is 13.6. The average molecular weight is 395 g/mol. The molecule has 0 saturated heterocycles. The van der Waals surface area contributed by atoms with Crippen LogP contribution in [0.1, 0.15) is 11.1 Å². The Bertz CT molecular complexity index is 1050. The molecule has 0 aliphatic carbocycles. The third-order valence-electron chi connectivity index (χ3n) is 5.06. The van der Waals surface area contributed by atoms with Gasteiger partial charge in [-0.25, -0.2) is 0 Å². The van der Waals surface area contributed by atoms with Crippen molar-refractivity contribution in [1.29, 1.82) is 0 Å². The van der Waals surface area contributed by atoms with Gasteiger partial charge in [-0.15, -0.1) is 0 Å². The van der Waals surface area contributed by atoms with Gasteiger partial charge in [-0.05, 0) is 53.1 Å². The van der Waals surface area contributed by atoms with Crippen LogP contribution >= 0.6 is 0 Å². The monoisotopic (exact) mass is 395 g/mol. The normalized spacial score (nSPS) is 14.6. The van der Waals surface area contributed by atoms with Gasteiger partial charge in [-0.2, -0.15) is 8.78 Å². The van der Waals surface area contributed by atoms with Crippen LogP contribution in [-0.2, 0) is 17.3 Å². The van der Waals surface area contributed by atoms with Crippen LogP contribution < -0.4 is 14.4 Å². The van der Waals surface area contributed by atoms with E-state index in [0.717, 1.165) is 16.0 Å². The molecule has 29 heavy (non-hydrogen) atoms. The largest absolute Gasteiger partial charge is 0.497 e. The van der Waals surface area contributed by atoms with Gasteiger partial charge in [0.2, 0.25) is 0 Å². The summed E-state index contributed by atoms with van der Waals surface area (Å²) in [6.45, 7) is 0.0628. The lowest BCUT2D eigenvalue weighted by atomic mass is 10.0. The Kier molecular flexibility index (Phi) is 4.70. The van der Waals surface area contributed by atoms with Crippen molar-refractivity contribution in [2.75, 3.05) is 19.1 Å². The zero-order valence-corrected chi connectivity index (χ0v) is 16.0. The highest BCUT2D eigenvalue weighted by Gasteiger charge is 2.52. The number of rotatable bonds is 5. The fourth-order valence-electron chi connectivity index (χ4n) is 3.45. The molecule has 4 rings (SSSR count). The summed E-state index contributed by atoms with van der Waals surface area (Å²) in [5.41, 5.74) is 2.08. The van der Waals surface area contributed by atoms with Crippen molar-refractivity contribution >= 4 is 11.6 Å². The van der Waals surface area contributed by atoms with Gasteiger partial charge >= 0.3 is 11.8 Å². The number of carbonyl (C=O) groups excluding carboxylic acids is 1. The predicted molar refractivity (Wildman–Crippen MR) is 107 cm³/mol. The van der Waals surface area contributed by atoms with Crippen molar-refractivity contribution in [2.24, 2.45) is 0 Å². The van der Waals surface area contributed by atoms with Crippen molar-refractivity contribution in [2.45, 2.75) is 12.5 Å². The van der Waals surface area contributed by atoms with Crippen LogP contribution in [0.4, 0.5) is 14.5 Å². The van der Waals surface area contributed by atoms with E-state index in [1.54, 1.807) is 74.9 Å². The molecule has 3 aromatic carbocycles. The third-order valence-corrected chi connectivity index (χ3v) is 5.06. The SMILES string of the molecule is COc1ccc(CN2C(=O)C(F)(F)c3cc(-c4ccc(OC)cc4)ccc32)cc1. The molecule has 0 unspecified atom stereocenters. The minimum atomic E-state index is -3.57. The lowest BCUT2D eigenvalue weighted by Gasteiger charge is -2.18. The van der Waals surface area contributed by atoms with Gasteiger partial charge in [0.25, 0.3) is 0 Å². The Balaban J connectivity index is 1.68. The van der Waals surface area contributed by atoms with E-state index in [2.05, 4.69) is 0 Å². The summed E-state index contributed by atoms with van der Waals surface area (Å²) in [6, 6.07) is 18.8. The molecule has 1 heterocycles. The van der Waals surface area contributed by atoms with Crippen LogP contribution in [0.25, 0.3) is 11.1 Å². The molecule has 0 spiro atoms. The number of benzene rings is 3. The number of anilines is 1. The highest BCUT2D eigenvalue weighted by molar-refractivity contribution is 6.06. The molecule has 3 aromatic rings. The molecule has 0 radical (unpaired) electrons. The van der Waals surface area contributed by atoms with Crippen molar-refractivity contribution in [1.82, 2.24) is 0 Å². The highest BCUT2D eigenvalue weighted by Crippen LogP contribution is 2.46. The smallest absolute Gasteiger partial charge is 0.352 e. The van der Waals surface area contributed by atoms with Crippen LogP contribution in [0.2, 0.25) is 0 Å². The summed E-state index contributed by atoms with van der Waals surface area (Å²) < 4.78 is 39.8. The van der Waals surface area contributed by atoms with Gasteiger partial charge in [0.15, 0.2) is 0 Å². The Morgan fingerprint density at radius 2 is 1.38 bits per heavy atom. The Hall–Kier alpha value is -3.41. The maximum absolute atomic E-state index is 14.8. The van der Waals surface area contributed by atoms with Crippen LogP contribution in [0.15, 0.2) is 66.7 Å². The van der Waals surface area contributed by atoms with Gasteiger partial charge in [0, 0.05) is 0 Å². The summed E-state index contributed by atoms with van der Waals surface area (Å²) in [6.07, 6.45) is 0. The average Bonchev–Trinajstić information content (AvgIpc) is 2.94. The molecule has 0 aromatic heterocycles. The molecule has 1 amide bonds. The molecule has 0 fully saturated rings. The van der Waals surface area contributed by atoms with Crippen molar-refractivity contribution in [3.05, 3.63) is 77.9 Å². The van der Waals surface area contributed by atoms with Crippen molar-refractivity contribution in [3.63, 3.8) is 0 Å². The first-order valence-electron chi connectivity index (χ1n) is 9.05. The first-order chi connectivity index (χ1) is 13.9. The standard InChI is InChI=1S/C23H19F2NO3/c1-28-18-8-3-15(4-9-18)14-26-21-12-7-17(13-20(21)23(24,25)22(26)27)16-5-10-19(29-2)11-6-16/h3-13H,14H2,1-2H3. The summed E-state index contributed by atoms with van der Waals surface area (Å²) in [5, 5.41) is 0. The van der Waals surface area contributed by atoms with Gasteiger partial charge in [-0.3, -0.25) is 4.79 Å². The molecular formula is C23H19F2NO3. The number of fused-ring (bicyclic) bond motifs is 1. The predicted octanol–water partition coefficient (Wildman–Crippen LogP) is 5.01. The van der Waals surface area contributed by atoms with E-state index in [1.165, 1.54) is 6.07 Å². The maximum atomic E-state index is 14.8. The van der Waals surface area contributed by atoms with Crippen molar-refractivity contribution in [3.8, 4) is 22.6 Å². The summed E-state index contributed by atoms with van der Waals surface area (Å²) in [5.74, 6) is -3.43. The lowest BCUT2D eigenvalue weighted by molar-refractivity contribution is -0.141. The maximum Gasteiger partial charge on any atom is 0.352 e. The second-order valence-electron chi connectivity index (χ2n) is 6.77. The van der Waals surface area contributed by atoms with Gasteiger partial charge in [0.1, 0.15) is 11.5 Å². The topological polar surface area (TPSA) is 38.8 Å². The van der Waals surface area contributed by atoms with Crippen LogP contribution in [0.3, 0.4) is 0 Å². The Morgan fingerprint density at radius 1 is 0.828 bits per heavy atom. The Morgan fingerprint density at radius 3 is 1.97 bits per heavy atom. The van der Waals surface area contributed by atoms with Crippen LogP contribution in [0, 0.1) is 0 Å². The van der Waals surface area contributed by atoms with E-state index in [1.807, 2.05) is 0 Å². The van der Waals surface area contributed by atoms with E-state index in [0.29, 0.717) is 17.1 Å². The lowest BCUT2D eigenvalue weighted by Crippen LogP contribution is -2.34. The fraction of sp³-hybridized carbons (Fsp3) is 0.174. The third kappa shape index (κ3) is 3.31. The number of alkyl halides is 2. The number of hydrogen-bond donors (Lipinski definition) is 0. The molecule has 148 valence electrons. The molecule has 4 nitrogen and oxygen atoms in total. The van der Waals surface area contributed by atoms with E-state index in [4.69, 9.17) is 9.47 Å². The quantitative estimate of drug-likeness (QED) is 0.610. The summed E-state index contributed by atoms with van der Waals surface area (Å²) >= 11 is 0. The number of methoxy groups -OCH3 is 2. The second kappa shape index (κ2) is 7.20. The first kappa shape index (κ1) is 18.9. The molecule has 1 aliphatic rings. The molecular weight excluding hydrogens is 376 g/mol. The van der Waals surface area contributed by atoms with Gasteiger partial charge in [0.05, 0.1) is 32.0 Å². The van der Waals surface area contributed by atoms with E-state index < -0.39 is 11.8 Å². The van der Waals surface area contributed by atoms with Crippen molar-refractivity contribution < 1.29 is 23.0 Å². The number of halogens is 2. The van der Waals surface area contributed by atoms with Gasteiger partial charge < -0.3 is 14.4 Å². The fourth-order valence-corrected chi connectivity index (χ4v) is 3.45. The molecule has 0 bridgehead atoms. The number of nitrogens with zero attached hydrogens (tertiary/aromatic N) is 1. The molecule has 0 saturated carbocycles. The van der Waals surface area contributed by atoms with E-state index >= 15 is 0 Å². The van der Waals surface area contributed by atoms with Gasteiger partial charge in [-0.1, -0.05) is 30.3 Å². The molecule has 0 atom stereocenters. The Labute approximate surface area is 167 Å². The number of carbonyl (C=O) groups is 1. The highest BCUT2D eigenvalue weighted by atomic mass is 19.3. The molecule has 6 heteroatoms. The van der Waals surface area contributed by atoms with E-state index in [-0.39, 0.29) is 17.8 Å². The second-order valence-corrected chi connectivity index (χ2v) is 6.77.